The van der Waals surface area contributed by atoms with Crippen LogP contribution in [0.15, 0.2) is 93.1 Å². The van der Waals surface area contributed by atoms with Gasteiger partial charge in [-0.1, -0.05) is 41.5 Å². The topological polar surface area (TPSA) is 151 Å². The summed E-state index contributed by atoms with van der Waals surface area (Å²) in [7, 11) is -3.71. The molecule has 11 heteroatoms. The van der Waals surface area contributed by atoms with Crippen LogP contribution in [0, 0.1) is 5.92 Å². The predicted molar refractivity (Wildman–Crippen MR) is 147 cm³/mol. The number of benzene rings is 3. The number of anilines is 3. The minimum atomic E-state index is -3.71. The van der Waals surface area contributed by atoms with E-state index in [4.69, 9.17) is 9.52 Å². The van der Waals surface area contributed by atoms with Gasteiger partial charge in [-0.15, -0.1) is 5.10 Å². The number of nitrogens with zero attached hydrogens (tertiary/aromatic N) is 2. The number of carbonyl (C=O) groups excluding carboxylic acids is 1. The number of sulfone groups is 1. The first-order chi connectivity index (χ1) is 19.3. The molecule has 3 N–H and O–H groups in total. The predicted octanol–water partition coefficient (Wildman–Crippen LogP) is 5.65. The van der Waals surface area contributed by atoms with E-state index in [1.807, 2.05) is 24.3 Å². The maximum Gasteiger partial charge on any atom is 0.320 e. The Hall–Kier alpha value is -4.51. The van der Waals surface area contributed by atoms with Crippen LogP contribution in [0.5, 0.6) is 0 Å². The third kappa shape index (κ3) is 6.37. The molecule has 1 amide bonds. The molecule has 10 nitrogen and oxygen atoms in total. The van der Waals surface area contributed by atoms with Crippen molar-refractivity contribution < 1.29 is 27.5 Å². The maximum absolute atomic E-state index is 12.9. The molecule has 206 valence electrons. The van der Waals surface area contributed by atoms with Gasteiger partial charge in [0, 0.05) is 17.8 Å². The summed E-state index contributed by atoms with van der Waals surface area (Å²) in [6, 6.07) is 21.8. The Morgan fingerprint density at radius 3 is 2.25 bits per heavy atom. The van der Waals surface area contributed by atoms with Crippen LogP contribution < -0.4 is 10.6 Å². The Morgan fingerprint density at radius 2 is 1.55 bits per heavy atom. The summed E-state index contributed by atoms with van der Waals surface area (Å²) in [5.41, 5.74) is 2.13. The molecule has 1 aliphatic carbocycles. The summed E-state index contributed by atoms with van der Waals surface area (Å²) in [5.74, 6) is -0.955. The molecule has 1 saturated carbocycles. The van der Waals surface area contributed by atoms with Crippen LogP contribution in [0.2, 0.25) is 0 Å². The molecule has 1 aliphatic rings. The van der Waals surface area contributed by atoms with Gasteiger partial charge >= 0.3 is 23.8 Å². The first kappa shape index (κ1) is 27.1. The Balaban J connectivity index is 1.18. The van der Waals surface area contributed by atoms with Gasteiger partial charge in [0.05, 0.1) is 9.79 Å². The number of nitrogens with one attached hydrogen (secondary N) is 2. The molecule has 5 rings (SSSR count). The van der Waals surface area contributed by atoms with E-state index in [1.54, 1.807) is 30.3 Å². The van der Waals surface area contributed by atoms with Gasteiger partial charge < -0.3 is 20.2 Å². The van der Waals surface area contributed by atoms with Gasteiger partial charge in [0.25, 0.3) is 0 Å². The molecule has 1 fully saturated rings. The first-order valence-corrected chi connectivity index (χ1v) is 14.4. The van der Waals surface area contributed by atoms with E-state index < -0.39 is 21.7 Å². The number of carboxylic acid groups (broad SMARTS) is 1. The van der Waals surface area contributed by atoms with Crippen molar-refractivity contribution in [2.24, 2.45) is 5.92 Å². The van der Waals surface area contributed by atoms with Crippen LogP contribution in [0.25, 0.3) is 0 Å². The Morgan fingerprint density at radius 1 is 0.850 bits per heavy atom. The van der Waals surface area contributed by atoms with Crippen LogP contribution in [-0.4, -0.2) is 35.6 Å². The van der Waals surface area contributed by atoms with Gasteiger partial charge in [0.15, 0.2) is 0 Å². The molecule has 0 spiro atoms. The summed E-state index contributed by atoms with van der Waals surface area (Å²) in [6.45, 7) is 0. The minimum Gasteiger partial charge on any atom is -0.481 e. The van der Waals surface area contributed by atoms with Crippen molar-refractivity contribution in [2.75, 3.05) is 10.6 Å². The van der Waals surface area contributed by atoms with Crippen molar-refractivity contribution in [3.63, 3.8) is 0 Å². The van der Waals surface area contributed by atoms with Crippen LogP contribution in [0.3, 0.4) is 0 Å². The second kappa shape index (κ2) is 11.7. The number of carboxylic acids is 1. The number of rotatable bonds is 9. The van der Waals surface area contributed by atoms with Gasteiger partial charge in [-0.05, 0) is 85.5 Å². The lowest BCUT2D eigenvalue weighted by Crippen LogP contribution is -2.16. The molecule has 1 heterocycles. The van der Waals surface area contributed by atoms with Gasteiger partial charge in [0.1, 0.15) is 0 Å². The lowest BCUT2D eigenvalue weighted by atomic mass is 9.77. The maximum atomic E-state index is 12.9. The SMILES string of the molecule is O=C(O)CC1CCC(c2ccc(NC(=O)c3nnc(Nc4cccc(S(=O)(=O)c5ccccc5)c4)o3)cc2)CC1. The van der Waals surface area contributed by atoms with E-state index in [0.717, 1.165) is 31.2 Å². The number of hydrogen-bond acceptors (Lipinski definition) is 8. The highest BCUT2D eigenvalue weighted by atomic mass is 32.2. The zero-order chi connectivity index (χ0) is 28.1. The van der Waals surface area contributed by atoms with Crippen molar-refractivity contribution in [1.82, 2.24) is 10.2 Å². The molecule has 0 saturated heterocycles. The third-order valence-corrected chi connectivity index (χ3v) is 8.79. The number of aromatic nitrogens is 2. The Labute approximate surface area is 231 Å². The van der Waals surface area contributed by atoms with Crippen molar-refractivity contribution in [3.05, 3.63) is 90.3 Å². The van der Waals surface area contributed by atoms with Gasteiger partial charge in [-0.2, -0.15) is 0 Å². The highest BCUT2D eigenvalue weighted by Crippen LogP contribution is 2.37. The Bertz CT molecular complexity index is 1600. The monoisotopic (exact) mass is 560 g/mol. The number of hydrogen-bond donors (Lipinski definition) is 3. The number of aliphatic carboxylic acids is 1. The average molecular weight is 561 g/mol. The van der Waals surface area contributed by atoms with E-state index in [1.165, 1.54) is 24.3 Å². The fraction of sp³-hybridized carbons (Fsp3) is 0.241. The quantitative estimate of drug-likeness (QED) is 0.236. The molecular weight excluding hydrogens is 532 g/mol. The molecule has 3 aromatic carbocycles. The zero-order valence-corrected chi connectivity index (χ0v) is 22.3. The Kier molecular flexibility index (Phi) is 7.92. The minimum absolute atomic E-state index is 0.0618. The summed E-state index contributed by atoms with van der Waals surface area (Å²) >= 11 is 0. The smallest absolute Gasteiger partial charge is 0.320 e. The lowest BCUT2D eigenvalue weighted by Gasteiger charge is -2.28. The fourth-order valence-electron chi connectivity index (χ4n) is 4.94. The van der Waals surface area contributed by atoms with Crippen molar-refractivity contribution in [1.29, 1.82) is 0 Å². The van der Waals surface area contributed by atoms with Crippen LogP contribution in [0.4, 0.5) is 17.4 Å². The zero-order valence-electron chi connectivity index (χ0n) is 21.5. The summed E-state index contributed by atoms with van der Waals surface area (Å²) in [6.07, 6.45) is 3.92. The van der Waals surface area contributed by atoms with E-state index >= 15 is 0 Å². The van der Waals surface area contributed by atoms with E-state index in [0.29, 0.717) is 17.3 Å². The second-order valence-corrected chi connectivity index (χ2v) is 11.7. The summed E-state index contributed by atoms with van der Waals surface area (Å²) in [4.78, 5) is 23.9. The first-order valence-electron chi connectivity index (χ1n) is 12.9. The average Bonchev–Trinajstić information content (AvgIpc) is 3.43. The second-order valence-electron chi connectivity index (χ2n) is 9.77. The van der Waals surface area contributed by atoms with Gasteiger partial charge in [-0.25, -0.2) is 8.42 Å². The van der Waals surface area contributed by atoms with Crippen LogP contribution in [-0.2, 0) is 14.6 Å². The molecule has 0 radical (unpaired) electrons. The fourth-order valence-corrected chi connectivity index (χ4v) is 6.26. The number of carbonyl (C=O) groups is 2. The standard InChI is InChI=1S/C29H28N4O6S/c34-26(35)17-19-9-11-20(12-10-19)21-13-15-22(16-14-21)30-27(36)28-32-33-29(39-28)31-23-5-4-8-25(18-23)40(37,38)24-6-2-1-3-7-24/h1-8,13-16,18-20H,9-12,17H2,(H,30,36)(H,31,33)(H,34,35). The number of amides is 1. The van der Waals surface area contributed by atoms with Crippen LogP contribution >= 0.6 is 0 Å². The highest BCUT2D eigenvalue weighted by molar-refractivity contribution is 7.91. The van der Waals surface area contributed by atoms with Crippen LogP contribution in [0.1, 0.15) is 54.3 Å². The summed E-state index contributed by atoms with van der Waals surface area (Å²) in [5, 5.41) is 22.2. The molecule has 0 bridgehead atoms. The molecule has 4 aromatic rings. The molecule has 40 heavy (non-hydrogen) atoms. The lowest BCUT2D eigenvalue weighted by molar-refractivity contribution is -0.138. The molecular formula is C29H28N4O6S. The van der Waals surface area contributed by atoms with Crippen molar-refractivity contribution in [2.45, 2.75) is 47.8 Å². The van der Waals surface area contributed by atoms with Crippen molar-refractivity contribution >= 4 is 39.1 Å². The van der Waals surface area contributed by atoms with Crippen molar-refractivity contribution in [3.8, 4) is 0 Å². The van der Waals surface area contributed by atoms with E-state index in [9.17, 15) is 18.0 Å². The van der Waals surface area contributed by atoms with Gasteiger partial charge in [-0.3, -0.25) is 9.59 Å². The highest BCUT2D eigenvalue weighted by Gasteiger charge is 2.24. The summed E-state index contributed by atoms with van der Waals surface area (Å²) < 4.78 is 31.3. The molecule has 0 aliphatic heterocycles. The van der Waals surface area contributed by atoms with E-state index in [2.05, 4.69) is 20.8 Å². The molecule has 1 aromatic heterocycles. The molecule has 0 atom stereocenters. The molecule has 0 unspecified atom stereocenters. The normalized spacial score (nSPS) is 17.2. The largest absolute Gasteiger partial charge is 0.481 e. The van der Waals surface area contributed by atoms with Gasteiger partial charge in [0.2, 0.25) is 9.84 Å². The third-order valence-electron chi connectivity index (χ3n) is 7.02. The van der Waals surface area contributed by atoms with E-state index in [-0.39, 0.29) is 34.0 Å².